The Morgan fingerprint density at radius 2 is 1.85 bits per heavy atom. The fourth-order valence-corrected chi connectivity index (χ4v) is 2.53. The van der Waals surface area contributed by atoms with Crippen molar-refractivity contribution >= 4 is 28.8 Å². The van der Waals surface area contributed by atoms with E-state index in [0.29, 0.717) is 13.2 Å². The summed E-state index contributed by atoms with van der Waals surface area (Å²) >= 11 is 0. The average molecular weight is 355 g/mol. The number of alkyl halides is 1. The molecule has 3 aromatic rings. The summed E-state index contributed by atoms with van der Waals surface area (Å²) in [5, 5.41) is 4.07. The monoisotopic (exact) mass is 355 g/mol. The highest BCUT2D eigenvalue weighted by molar-refractivity contribution is 5.83. The van der Waals surface area contributed by atoms with Gasteiger partial charge in [0, 0.05) is 18.1 Å². The van der Waals surface area contributed by atoms with E-state index in [0.717, 1.165) is 33.7 Å². The van der Waals surface area contributed by atoms with E-state index in [1.165, 1.54) is 0 Å². The number of hydrogen-bond acceptors (Lipinski definition) is 4. The van der Waals surface area contributed by atoms with Gasteiger partial charge in [-0.05, 0) is 48.0 Å². The summed E-state index contributed by atoms with van der Waals surface area (Å²) in [6.45, 7) is 0.390. The summed E-state index contributed by atoms with van der Waals surface area (Å²) in [7, 11) is 1.90. The molecule has 0 fully saturated rings. The normalized spacial score (nSPS) is 11.3. The second kappa shape index (κ2) is 9.06. The first-order chi connectivity index (χ1) is 12.8. The summed E-state index contributed by atoms with van der Waals surface area (Å²) in [6, 6.07) is 15.8. The Morgan fingerprint density at radius 1 is 1.00 bits per heavy atom. The van der Waals surface area contributed by atoms with Gasteiger partial charge in [-0.25, -0.2) is 4.39 Å². The van der Waals surface area contributed by atoms with E-state index in [2.05, 4.69) is 5.32 Å². The van der Waals surface area contributed by atoms with Crippen molar-refractivity contribution in [1.29, 1.82) is 0 Å². The van der Waals surface area contributed by atoms with Gasteiger partial charge in [0.05, 0.1) is 13.2 Å². The predicted molar refractivity (Wildman–Crippen MR) is 103 cm³/mol. The molecule has 0 aliphatic carbocycles. The molecule has 2 aromatic carbocycles. The minimum atomic E-state index is -0.475. The van der Waals surface area contributed by atoms with Crippen LogP contribution in [-0.4, -0.2) is 33.5 Å². The van der Waals surface area contributed by atoms with Crippen LogP contribution >= 0.6 is 0 Å². The Bertz CT molecular complexity index is 855. The topological polar surface area (TPSA) is 43.6 Å². The summed E-state index contributed by atoms with van der Waals surface area (Å²) in [5.74, 6) is 1.52. The molecule has 4 nitrogen and oxygen atoms in total. The lowest BCUT2D eigenvalue weighted by Gasteiger charge is -2.05. The second-order valence-electron chi connectivity index (χ2n) is 5.70. The van der Waals surface area contributed by atoms with Crippen LogP contribution in [0.2, 0.25) is 0 Å². The molecule has 0 saturated heterocycles. The van der Waals surface area contributed by atoms with E-state index in [1.807, 2.05) is 67.7 Å². The van der Waals surface area contributed by atoms with Crippen LogP contribution < -0.4 is 10.1 Å². The number of hydrogen-bond donors (Lipinski definition) is 1. The quantitative estimate of drug-likeness (QED) is 0.548. The highest BCUT2D eigenvalue weighted by atomic mass is 19.1. The maximum Gasteiger partial charge on any atom is 0.135 e. The number of anilines is 1. The lowest BCUT2D eigenvalue weighted by Crippen LogP contribution is -2.08. The molecule has 136 valence electrons. The number of furan rings is 1. The van der Waals surface area contributed by atoms with Crippen molar-refractivity contribution in [2.24, 2.45) is 0 Å². The molecule has 26 heavy (non-hydrogen) atoms. The highest BCUT2D eigenvalue weighted by Crippen LogP contribution is 2.25. The maximum absolute atomic E-state index is 11.9. The SMILES string of the molecule is CNc1ccc(C=Cc2cc3cc(OCCOCCF)ccc3o2)cc1. The predicted octanol–water partition coefficient (Wildman–Crippen LogP) is 5.01. The van der Waals surface area contributed by atoms with E-state index in [4.69, 9.17) is 13.9 Å². The zero-order valence-electron chi connectivity index (χ0n) is 14.7. The minimum Gasteiger partial charge on any atom is -0.491 e. The smallest absolute Gasteiger partial charge is 0.135 e. The standard InChI is InChI=1S/C21H22FNO3/c1-23-18-5-2-16(3-6-18)4-7-20-15-17-14-19(8-9-21(17)26-20)25-13-12-24-11-10-22/h2-9,14-15,23H,10-13H2,1H3. The van der Waals surface area contributed by atoms with Crippen LogP contribution in [0, 0.1) is 0 Å². The molecule has 1 N–H and O–H groups in total. The van der Waals surface area contributed by atoms with Crippen molar-refractivity contribution in [1.82, 2.24) is 0 Å². The third-order valence-electron chi connectivity index (χ3n) is 3.86. The molecule has 0 atom stereocenters. The van der Waals surface area contributed by atoms with E-state index in [1.54, 1.807) is 0 Å². The molecule has 0 aliphatic rings. The number of nitrogens with one attached hydrogen (secondary N) is 1. The Morgan fingerprint density at radius 3 is 2.62 bits per heavy atom. The van der Waals surface area contributed by atoms with Crippen molar-refractivity contribution in [3.63, 3.8) is 0 Å². The van der Waals surface area contributed by atoms with Gasteiger partial charge in [0.15, 0.2) is 0 Å². The molecule has 0 saturated carbocycles. The summed E-state index contributed by atoms with van der Waals surface area (Å²) < 4.78 is 28.4. The van der Waals surface area contributed by atoms with Crippen LogP contribution in [0.5, 0.6) is 5.75 Å². The Balaban J connectivity index is 1.63. The van der Waals surface area contributed by atoms with Gasteiger partial charge in [0.25, 0.3) is 0 Å². The van der Waals surface area contributed by atoms with E-state index in [9.17, 15) is 4.39 Å². The minimum absolute atomic E-state index is 0.109. The third kappa shape index (κ3) is 4.86. The van der Waals surface area contributed by atoms with E-state index >= 15 is 0 Å². The number of ether oxygens (including phenoxy) is 2. The van der Waals surface area contributed by atoms with E-state index < -0.39 is 6.67 Å². The van der Waals surface area contributed by atoms with Crippen LogP contribution in [0.25, 0.3) is 23.1 Å². The second-order valence-corrected chi connectivity index (χ2v) is 5.70. The molecule has 0 radical (unpaired) electrons. The van der Waals surface area contributed by atoms with Gasteiger partial charge in [-0.1, -0.05) is 18.2 Å². The summed E-state index contributed by atoms with van der Waals surface area (Å²) in [4.78, 5) is 0. The van der Waals surface area contributed by atoms with Crippen molar-refractivity contribution in [3.05, 3.63) is 59.9 Å². The fourth-order valence-electron chi connectivity index (χ4n) is 2.53. The van der Waals surface area contributed by atoms with Crippen LogP contribution in [0.4, 0.5) is 10.1 Å². The zero-order valence-corrected chi connectivity index (χ0v) is 14.7. The van der Waals surface area contributed by atoms with Crippen LogP contribution in [0.1, 0.15) is 11.3 Å². The zero-order chi connectivity index (χ0) is 18.2. The lowest BCUT2D eigenvalue weighted by atomic mass is 10.2. The van der Waals surface area contributed by atoms with Crippen molar-refractivity contribution in [3.8, 4) is 5.75 Å². The van der Waals surface area contributed by atoms with Crippen molar-refractivity contribution in [2.45, 2.75) is 0 Å². The Kier molecular flexibility index (Phi) is 6.28. The largest absolute Gasteiger partial charge is 0.491 e. The third-order valence-corrected chi connectivity index (χ3v) is 3.86. The highest BCUT2D eigenvalue weighted by Gasteiger charge is 2.04. The molecule has 0 unspecified atom stereocenters. The molecular formula is C21H22FNO3. The Hall–Kier alpha value is -2.79. The summed E-state index contributed by atoms with van der Waals surface area (Å²) in [6.07, 6.45) is 3.95. The molecule has 5 heteroatoms. The summed E-state index contributed by atoms with van der Waals surface area (Å²) in [5.41, 5.74) is 2.98. The molecule has 0 bridgehead atoms. The van der Waals surface area contributed by atoms with E-state index in [-0.39, 0.29) is 6.61 Å². The molecule has 0 aliphatic heterocycles. The fraction of sp³-hybridized carbons (Fsp3) is 0.238. The van der Waals surface area contributed by atoms with Gasteiger partial charge in [0.1, 0.15) is 30.4 Å². The van der Waals surface area contributed by atoms with Gasteiger partial charge < -0.3 is 19.2 Å². The first kappa shape index (κ1) is 18.0. The van der Waals surface area contributed by atoms with Gasteiger partial charge in [-0.15, -0.1) is 0 Å². The number of fused-ring (bicyclic) bond motifs is 1. The number of benzene rings is 2. The van der Waals surface area contributed by atoms with Crippen molar-refractivity contribution in [2.75, 3.05) is 38.9 Å². The molecular weight excluding hydrogens is 333 g/mol. The van der Waals surface area contributed by atoms with Crippen LogP contribution in [0.15, 0.2) is 52.9 Å². The Labute approximate surface area is 152 Å². The molecule has 1 aromatic heterocycles. The molecule has 0 spiro atoms. The first-order valence-electron chi connectivity index (χ1n) is 8.54. The number of rotatable bonds is 9. The first-order valence-corrected chi connectivity index (χ1v) is 8.54. The van der Waals surface area contributed by atoms with Crippen molar-refractivity contribution < 1.29 is 18.3 Å². The van der Waals surface area contributed by atoms with Gasteiger partial charge in [0.2, 0.25) is 0 Å². The molecule has 0 amide bonds. The average Bonchev–Trinajstić information content (AvgIpc) is 3.09. The van der Waals surface area contributed by atoms with Crippen LogP contribution in [0.3, 0.4) is 0 Å². The maximum atomic E-state index is 11.9. The van der Waals surface area contributed by atoms with Gasteiger partial charge in [-0.2, -0.15) is 0 Å². The molecule has 3 rings (SSSR count). The lowest BCUT2D eigenvalue weighted by molar-refractivity contribution is 0.0897. The molecule has 1 heterocycles. The van der Waals surface area contributed by atoms with Crippen LogP contribution in [-0.2, 0) is 4.74 Å². The number of halogens is 1. The van der Waals surface area contributed by atoms with Gasteiger partial charge in [-0.3, -0.25) is 0 Å². The van der Waals surface area contributed by atoms with Gasteiger partial charge >= 0.3 is 0 Å².